The molecule has 0 saturated carbocycles. The minimum absolute atomic E-state index is 0.167. The molecule has 0 bridgehead atoms. The molecule has 1 aromatic heterocycles. The molecule has 1 aromatic rings. The first kappa shape index (κ1) is 14.5. The molecular weight excluding hydrogens is 270 g/mol. The second-order valence-electron chi connectivity index (χ2n) is 6.05. The predicted octanol–water partition coefficient (Wildman–Crippen LogP) is -0.0647. The maximum absolute atomic E-state index is 11.6. The molecule has 2 fully saturated rings. The summed E-state index contributed by atoms with van der Waals surface area (Å²) >= 11 is 0. The van der Waals surface area contributed by atoms with Gasteiger partial charge in [-0.25, -0.2) is 0 Å². The SMILES string of the molecule is Cn1cnnc1C1CCCN1CC(O)CN1CCCC1=O. The summed E-state index contributed by atoms with van der Waals surface area (Å²) in [5.41, 5.74) is 0. The Morgan fingerprint density at radius 1 is 1.38 bits per heavy atom. The zero-order valence-electron chi connectivity index (χ0n) is 12.5. The number of hydrogen-bond donors (Lipinski definition) is 1. The highest BCUT2D eigenvalue weighted by atomic mass is 16.3. The van der Waals surface area contributed by atoms with Crippen molar-refractivity contribution in [3.8, 4) is 0 Å². The molecule has 2 unspecified atom stereocenters. The number of carbonyl (C=O) groups is 1. The Morgan fingerprint density at radius 2 is 2.24 bits per heavy atom. The molecule has 2 aliphatic rings. The lowest BCUT2D eigenvalue weighted by Gasteiger charge is -2.28. The second kappa shape index (κ2) is 6.11. The van der Waals surface area contributed by atoms with E-state index < -0.39 is 6.10 Å². The molecule has 1 N–H and O–H groups in total. The van der Waals surface area contributed by atoms with Gasteiger partial charge >= 0.3 is 0 Å². The van der Waals surface area contributed by atoms with Crippen molar-refractivity contribution in [2.24, 2.45) is 7.05 Å². The summed E-state index contributed by atoms with van der Waals surface area (Å²) in [5.74, 6) is 1.12. The minimum Gasteiger partial charge on any atom is -0.390 e. The molecule has 1 amide bonds. The third-order valence-electron chi connectivity index (χ3n) is 4.46. The lowest BCUT2D eigenvalue weighted by Crippen LogP contribution is -2.40. The van der Waals surface area contributed by atoms with Gasteiger partial charge in [0.15, 0.2) is 0 Å². The smallest absolute Gasteiger partial charge is 0.222 e. The van der Waals surface area contributed by atoms with Gasteiger partial charge in [-0.2, -0.15) is 0 Å². The zero-order chi connectivity index (χ0) is 14.8. The van der Waals surface area contributed by atoms with Gasteiger partial charge in [-0.15, -0.1) is 10.2 Å². The Bertz CT molecular complexity index is 503. The predicted molar refractivity (Wildman–Crippen MR) is 76.4 cm³/mol. The maximum Gasteiger partial charge on any atom is 0.222 e. The van der Waals surface area contributed by atoms with Crippen molar-refractivity contribution in [2.75, 3.05) is 26.2 Å². The molecule has 0 spiro atoms. The van der Waals surface area contributed by atoms with Crippen molar-refractivity contribution in [1.29, 1.82) is 0 Å². The van der Waals surface area contributed by atoms with Gasteiger partial charge in [0.1, 0.15) is 12.2 Å². The Labute approximate surface area is 124 Å². The molecule has 116 valence electrons. The highest BCUT2D eigenvalue weighted by molar-refractivity contribution is 5.78. The molecule has 21 heavy (non-hydrogen) atoms. The van der Waals surface area contributed by atoms with Crippen LogP contribution in [-0.4, -0.2) is 67.9 Å². The van der Waals surface area contributed by atoms with E-state index in [0.717, 1.165) is 38.2 Å². The summed E-state index contributed by atoms with van der Waals surface area (Å²) in [6.45, 7) is 2.77. The number of nitrogens with zero attached hydrogens (tertiary/aromatic N) is 5. The van der Waals surface area contributed by atoms with Crippen molar-refractivity contribution in [2.45, 2.75) is 37.8 Å². The van der Waals surface area contributed by atoms with Gasteiger partial charge in [-0.05, 0) is 25.8 Å². The fourth-order valence-electron chi connectivity index (χ4n) is 3.41. The molecule has 2 saturated heterocycles. The van der Waals surface area contributed by atoms with E-state index in [2.05, 4.69) is 15.1 Å². The third kappa shape index (κ3) is 3.08. The average molecular weight is 293 g/mol. The van der Waals surface area contributed by atoms with E-state index in [-0.39, 0.29) is 11.9 Å². The second-order valence-corrected chi connectivity index (χ2v) is 6.05. The lowest BCUT2D eigenvalue weighted by molar-refractivity contribution is -0.129. The van der Waals surface area contributed by atoms with Crippen LogP contribution < -0.4 is 0 Å². The van der Waals surface area contributed by atoms with Gasteiger partial charge in [0.25, 0.3) is 0 Å². The van der Waals surface area contributed by atoms with Gasteiger partial charge in [-0.1, -0.05) is 0 Å². The van der Waals surface area contributed by atoms with E-state index in [1.807, 2.05) is 11.6 Å². The topological polar surface area (TPSA) is 74.5 Å². The van der Waals surface area contributed by atoms with E-state index in [1.54, 1.807) is 11.2 Å². The van der Waals surface area contributed by atoms with Crippen LogP contribution in [0.25, 0.3) is 0 Å². The van der Waals surface area contributed by atoms with Crippen LogP contribution in [-0.2, 0) is 11.8 Å². The monoisotopic (exact) mass is 293 g/mol. The summed E-state index contributed by atoms with van der Waals surface area (Å²) in [6, 6.07) is 0.224. The molecule has 0 aromatic carbocycles. The van der Waals surface area contributed by atoms with Crippen LogP contribution >= 0.6 is 0 Å². The molecule has 7 heteroatoms. The molecular formula is C14H23N5O2. The third-order valence-corrected chi connectivity index (χ3v) is 4.46. The fraction of sp³-hybridized carbons (Fsp3) is 0.786. The van der Waals surface area contributed by atoms with Gasteiger partial charge in [0.2, 0.25) is 5.91 Å². The first-order valence-electron chi connectivity index (χ1n) is 7.69. The van der Waals surface area contributed by atoms with E-state index in [0.29, 0.717) is 19.5 Å². The van der Waals surface area contributed by atoms with E-state index in [9.17, 15) is 9.90 Å². The summed E-state index contributed by atoms with van der Waals surface area (Å²) in [6.07, 6.45) is 4.90. The number of carbonyl (C=O) groups excluding carboxylic acids is 1. The number of β-amino-alcohol motifs (C(OH)–C–C–N with tert-alkyl or cyclic N) is 1. The Morgan fingerprint density at radius 3 is 2.90 bits per heavy atom. The normalized spacial score (nSPS) is 25.0. The first-order chi connectivity index (χ1) is 10.1. The highest BCUT2D eigenvalue weighted by Crippen LogP contribution is 2.30. The van der Waals surface area contributed by atoms with Crippen molar-refractivity contribution >= 4 is 5.91 Å². The summed E-state index contributed by atoms with van der Waals surface area (Å²) in [7, 11) is 1.95. The lowest BCUT2D eigenvalue weighted by atomic mass is 10.2. The molecule has 0 radical (unpaired) electrons. The van der Waals surface area contributed by atoms with Crippen LogP contribution in [0.4, 0.5) is 0 Å². The summed E-state index contributed by atoms with van der Waals surface area (Å²) in [4.78, 5) is 15.7. The summed E-state index contributed by atoms with van der Waals surface area (Å²) in [5, 5.41) is 18.4. The number of aliphatic hydroxyl groups excluding tert-OH is 1. The molecule has 0 aliphatic carbocycles. The van der Waals surface area contributed by atoms with E-state index >= 15 is 0 Å². The largest absolute Gasteiger partial charge is 0.390 e. The van der Waals surface area contributed by atoms with Crippen molar-refractivity contribution in [3.05, 3.63) is 12.2 Å². The minimum atomic E-state index is -0.499. The van der Waals surface area contributed by atoms with Gasteiger partial charge < -0.3 is 14.6 Å². The quantitative estimate of drug-likeness (QED) is 0.823. The fourth-order valence-corrected chi connectivity index (χ4v) is 3.41. The van der Waals surface area contributed by atoms with Crippen LogP contribution in [0.3, 0.4) is 0 Å². The van der Waals surface area contributed by atoms with Crippen molar-refractivity contribution in [1.82, 2.24) is 24.6 Å². The van der Waals surface area contributed by atoms with Crippen LogP contribution in [0.2, 0.25) is 0 Å². The Kier molecular flexibility index (Phi) is 4.21. The standard InChI is InChI=1S/C14H23N5O2/c1-17-10-15-16-14(17)12-4-2-6-18(12)8-11(20)9-19-7-3-5-13(19)21/h10-12,20H,2-9H2,1H3. The average Bonchev–Trinajstić information content (AvgIpc) is 3.13. The Hall–Kier alpha value is -1.47. The number of aliphatic hydroxyl groups is 1. The maximum atomic E-state index is 11.6. The molecule has 7 nitrogen and oxygen atoms in total. The van der Waals surface area contributed by atoms with Crippen LogP contribution in [0.5, 0.6) is 0 Å². The van der Waals surface area contributed by atoms with Crippen LogP contribution in [0.15, 0.2) is 6.33 Å². The highest BCUT2D eigenvalue weighted by Gasteiger charge is 2.31. The van der Waals surface area contributed by atoms with Gasteiger partial charge in [0, 0.05) is 33.1 Å². The van der Waals surface area contributed by atoms with Gasteiger partial charge in [0.05, 0.1) is 12.1 Å². The van der Waals surface area contributed by atoms with E-state index in [1.165, 1.54) is 0 Å². The van der Waals surface area contributed by atoms with Crippen LogP contribution in [0, 0.1) is 0 Å². The van der Waals surface area contributed by atoms with E-state index in [4.69, 9.17) is 0 Å². The van der Waals surface area contributed by atoms with Crippen molar-refractivity contribution < 1.29 is 9.90 Å². The van der Waals surface area contributed by atoms with Crippen LogP contribution in [0.1, 0.15) is 37.5 Å². The number of likely N-dealkylation sites (tertiary alicyclic amines) is 2. The molecule has 2 atom stereocenters. The van der Waals surface area contributed by atoms with Crippen molar-refractivity contribution in [3.63, 3.8) is 0 Å². The van der Waals surface area contributed by atoms with Gasteiger partial charge in [-0.3, -0.25) is 9.69 Å². The Balaban J connectivity index is 1.58. The molecule has 2 aliphatic heterocycles. The number of hydrogen-bond acceptors (Lipinski definition) is 5. The number of amides is 1. The number of aromatic nitrogens is 3. The number of aryl methyl sites for hydroxylation is 1. The number of rotatable bonds is 5. The zero-order valence-corrected chi connectivity index (χ0v) is 12.5. The molecule has 3 heterocycles. The summed E-state index contributed by atoms with van der Waals surface area (Å²) < 4.78 is 1.94. The molecule has 3 rings (SSSR count). The first-order valence-corrected chi connectivity index (χ1v) is 7.69.